The number of piperazine rings is 1. The lowest BCUT2D eigenvalue weighted by Crippen LogP contribution is -2.47. The van der Waals surface area contributed by atoms with Crippen LogP contribution in [0.4, 0.5) is 14.5 Å². The van der Waals surface area contributed by atoms with Gasteiger partial charge >= 0.3 is 0 Å². The molecule has 3 aromatic rings. The molecule has 1 aliphatic heterocycles. The molecule has 0 amide bonds. The second-order valence-electron chi connectivity index (χ2n) is 9.19. The van der Waals surface area contributed by atoms with E-state index in [1.807, 2.05) is 6.07 Å². The second-order valence-corrected chi connectivity index (χ2v) is 11.4. The topological polar surface area (TPSA) is 93.5 Å². The molecule has 12 heteroatoms. The summed E-state index contributed by atoms with van der Waals surface area (Å²) in [6, 6.07) is 4.85. The first kappa shape index (κ1) is 24.7. The molecule has 0 bridgehead atoms. The second kappa shape index (κ2) is 10.2. The Morgan fingerprint density at radius 2 is 1.89 bits per heavy atom. The van der Waals surface area contributed by atoms with Crippen LogP contribution in [-0.2, 0) is 20.3 Å². The molecule has 0 spiro atoms. The van der Waals surface area contributed by atoms with Gasteiger partial charge in [-0.25, -0.2) is 21.9 Å². The van der Waals surface area contributed by atoms with Crippen molar-refractivity contribution in [2.75, 3.05) is 50.5 Å². The summed E-state index contributed by atoms with van der Waals surface area (Å²) in [7, 11) is -2.25. The van der Waals surface area contributed by atoms with Crippen molar-refractivity contribution in [3.63, 3.8) is 0 Å². The van der Waals surface area contributed by atoms with Crippen molar-refractivity contribution in [1.82, 2.24) is 24.9 Å². The van der Waals surface area contributed by atoms with E-state index in [0.29, 0.717) is 11.3 Å². The molecule has 2 fully saturated rings. The lowest BCUT2D eigenvalue weighted by atomic mass is 10.2. The fourth-order valence-electron chi connectivity index (χ4n) is 4.45. The molecule has 1 saturated heterocycles. The van der Waals surface area contributed by atoms with Crippen molar-refractivity contribution in [2.24, 2.45) is 0 Å². The zero-order valence-electron chi connectivity index (χ0n) is 20.0. The van der Waals surface area contributed by atoms with Crippen LogP contribution in [0.2, 0.25) is 0 Å². The van der Waals surface area contributed by atoms with Gasteiger partial charge in [-0.15, -0.1) is 5.10 Å². The fourth-order valence-corrected chi connectivity index (χ4v) is 5.72. The number of ether oxygens (including phenoxy) is 1. The van der Waals surface area contributed by atoms with Crippen molar-refractivity contribution in [1.29, 1.82) is 0 Å². The van der Waals surface area contributed by atoms with E-state index in [-0.39, 0.29) is 17.9 Å². The Hall–Kier alpha value is -2.96. The lowest BCUT2D eigenvalue weighted by Gasteiger charge is -2.36. The Morgan fingerprint density at radius 3 is 2.61 bits per heavy atom. The molecule has 0 atom stereocenters. The van der Waals surface area contributed by atoms with Gasteiger partial charge in [0.25, 0.3) is 0 Å². The van der Waals surface area contributed by atoms with Crippen molar-refractivity contribution in [2.45, 2.75) is 24.6 Å². The number of hydrogen-bond donors (Lipinski definition) is 0. The molecule has 0 radical (unpaired) electrons. The smallest absolute Gasteiger partial charge is 0.156 e. The van der Waals surface area contributed by atoms with E-state index < -0.39 is 32.9 Å². The monoisotopic (exact) mass is 518 g/mol. The highest BCUT2D eigenvalue weighted by Crippen LogP contribution is 2.30. The van der Waals surface area contributed by atoms with Gasteiger partial charge in [0.2, 0.25) is 0 Å². The van der Waals surface area contributed by atoms with E-state index in [0.717, 1.165) is 54.7 Å². The van der Waals surface area contributed by atoms with Gasteiger partial charge in [0, 0.05) is 56.7 Å². The quantitative estimate of drug-likeness (QED) is 0.427. The van der Waals surface area contributed by atoms with Gasteiger partial charge in [-0.05, 0) is 25.0 Å². The maximum atomic E-state index is 15.2. The predicted molar refractivity (Wildman–Crippen MR) is 131 cm³/mol. The van der Waals surface area contributed by atoms with Gasteiger partial charge in [-0.2, -0.15) is 0 Å². The van der Waals surface area contributed by atoms with Gasteiger partial charge in [0.1, 0.15) is 11.4 Å². The molecule has 1 aliphatic carbocycles. The average molecular weight is 519 g/mol. The lowest BCUT2D eigenvalue weighted by molar-refractivity contribution is 0.217. The number of nitrogens with zero attached hydrogens (tertiary/aromatic N) is 6. The molecule has 1 saturated carbocycles. The van der Waals surface area contributed by atoms with Crippen molar-refractivity contribution >= 4 is 15.5 Å². The zero-order valence-corrected chi connectivity index (χ0v) is 20.8. The first-order chi connectivity index (χ1) is 17.3. The summed E-state index contributed by atoms with van der Waals surface area (Å²) in [4.78, 5) is 9.14. The summed E-state index contributed by atoms with van der Waals surface area (Å²) in [6.45, 7) is 3.84. The minimum atomic E-state index is -3.64. The maximum absolute atomic E-state index is 15.2. The highest BCUT2D eigenvalue weighted by atomic mass is 32.2. The molecule has 2 aliphatic rings. The highest BCUT2D eigenvalue weighted by molar-refractivity contribution is 7.90. The molecule has 1 aromatic carbocycles. The third kappa shape index (κ3) is 5.40. The summed E-state index contributed by atoms with van der Waals surface area (Å²) in [5.74, 6) is -2.70. The molecule has 2 aromatic heterocycles. The molecular formula is C24H28F2N6O3S. The van der Waals surface area contributed by atoms with Crippen LogP contribution in [0.3, 0.4) is 0 Å². The van der Waals surface area contributed by atoms with Crippen molar-refractivity contribution < 1.29 is 21.9 Å². The van der Waals surface area contributed by atoms with E-state index in [1.165, 1.54) is 26.1 Å². The Morgan fingerprint density at radius 1 is 1.11 bits per heavy atom. The Balaban J connectivity index is 1.36. The molecule has 0 unspecified atom stereocenters. The van der Waals surface area contributed by atoms with Gasteiger partial charge in [-0.3, -0.25) is 9.88 Å². The van der Waals surface area contributed by atoms with Crippen LogP contribution in [0.5, 0.6) is 0 Å². The van der Waals surface area contributed by atoms with E-state index in [9.17, 15) is 12.8 Å². The molecule has 36 heavy (non-hydrogen) atoms. The Kier molecular flexibility index (Phi) is 7.00. The summed E-state index contributed by atoms with van der Waals surface area (Å²) >= 11 is 0. The van der Waals surface area contributed by atoms with Gasteiger partial charge in [-0.1, -0.05) is 11.3 Å². The third-order valence-corrected chi connectivity index (χ3v) is 8.15. The van der Waals surface area contributed by atoms with E-state index in [2.05, 4.69) is 25.1 Å². The fraction of sp³-hybridized carbons (Fsp3) is 0.458. The van der Waals surface area contributed by atoms with Crippen LogP contribution in [0, 0.1) is 11.6 Å². The van der Waals surface area contributed by atoms with Crippen LogP contribution in [0.25, 0.3) is 16.9 Å². The predicted octanol–water partition coefficient (Wildman–Crippen LogP) is 2.45. The summed E-state index contributed by atoms with van der Waals surface area (Å²) in [5, 5.41) is 8.02. The SMILES string of the molecule is COCCS(=O)(=O)Cc1ccc(F)c(-n2cc(-c3cncc(N4CCN(C5CC5)CC4)c3)nn2)c1F. The molecule has 9 nitrogen and oxygen atoms in total. The molecule has 192 valence electrons. The standard InChI is InChI=1S/C24H28F2N6O3S/c1-35-10-11-36(33,34)16-17-2-5-21(25)24(23(17)26)32-15-22(28-29-32)18-12-20(14-27-13-18)31-8-6-30(7-9-31)19-3-4-19/h2,5,12-15,19H,3-4,6-11,16H2,1H3. The summed E-state index contributed by atoms with van der Waals surface area (Å²) in [5.41, 5.74) is 1.40. The van der Waals surface area contributed by atoms with Crippen LogP contribution >= 0.6 is 0 Å². The number of hydrogen-bond acceptors (Lipinski definition) is 8. The summed E-state index contributed by atoms with van der Waals surface area (Å²) < 4.78 is 60.2. The molecule has 3 heterocycles. The number of anilines is 1. The van der Waals surface area contributed by atoms with Crippen LogP contribution in [0.15, 0.2) is 36.8 Å². The van der Waals surface area contributed by atoms with Crippen molar-refractivity contribution in [3.05, 3.63) is 54.0 Å². The minimum absolute atomic E-state index is 0.00621. The van der Waals surface area contributed by atoms with E-state index in [4.69, 9.17) is 4.74 Å². The van der Waals surface area contributed by atoms with Crippen molar-refractivity contribution in [3.8, 4) is 16.9 Å². The highest BCUT2D eigenvalue weighted by Gasteiger charge is 2.31. The number of pyridine rings is 1. The molecular weight excluding hydrogens is 490 g/mol. The van der Waals surface area contributed by atoms with Crippen LogP contribution in [0.1, 0.15) is 18.4 Å². The Labute approximate surface area is 208 Å². The number of halogens is 2. The number of rotatable bonds is 9. The summed E-state index contributed by atoms with van der Waals surface area (Å²) in [6.07, 6.45) is 7.43. The number of sulfone groups is 1. The third-order valence-electron chi connectivity index (χ3n) is 6.61. The first-order valence-corrected chi connectivity index (χ1v) is 13.7. The molecule has 0 N–H and O–H groups in total. The first-order valence-electron chi connectivity index (χ1n) is 11.9. The molecule has 5 rings (SSSR count). The number of methoxy groups -OCH3 is 1. The normalized spacial score (nSPS) is 17.0. The average Bonchev–Trinajstić information content (AvgIpc) is 3.62. The van der Waals surface area contributed by atoms with E-state index in [1.54, 1.807) is 12.4 Å². The van der Waals surface area contributed by atoms with Gasteiger partial charge in [0.15, 0.2) is 21.5 Å². The maximum Gasteiger partial charge on any atom is 0.156 e. The number of aromatic nitrogens is 4. The minimum Gasteiger partial charge on any atom is -0.384 e. The Bertz CT molecular complexity index is 1340. The zero-order chi connectivity index (χ0) is 25.3. The number of benzene rings is 1. The van der Waals surface area contributed by atoms with Gasteiger partial charge < -0.3 is 9.64 Å². The van der Waals surface area contributed by atoms with Crippen LogP contribution < -0.4 is 4.90 Å². The van der Waals surface area contributed by atoms with Crippen LogP contribution in [-0.4, -0.2) is 85.0 Å². The largest absolute Gasteiger partial charge is 0.384 e. The van der Waals surface area contributed by atoms with E-state index >= 15 is 4.39 Å². The van der Waals surface area contributed by atoms with Gasteiger partial charge in [0.05, 0.1) is 36.2 Å².